The topological polar surface area (TPSA) is 48.8 Å². The highest BCUT2D eigenvalue weighted by molar-refractivity contribution is 5.74. The van der Waals surface area contributed by atoms with Gasteiger partial charge in [0.25, 0.3) is 5.56 Å². The van der Waals surface area contributed by atoms with Crippen LogP contribution in [0.2, 0.25) is 0 Å². The van der Waals surface area contributed by atoms with Crippen molar-refractivity contribution in [3.8, 4) is 0 Å². The van der Waals surface area contributed by atoms with Crippen molar-refractivity contribution in [3.05, 3.63) is 34.2 Å². The smallest absolute Gasteiger partial charge is 0.320 e. The molecular formula is C17H26N4O2. The number of pyridine rings is 1. The van der Waals surface area contributed by atoms with Crippen LogP contribution in [0.5, 0.6) is 0 Å². The monoisotopic (exact) mass is 318 g/mol. The minimum Gasteiger partial charge on any atom is -0.325 e. The van der Waals surface area contributed by atoms with Gasteiger partial charge < -0.3 is 14.4 Å². The number of urea groups is 1. The third kappa shape index (κ3) is 3.93. The summed E-state index contributed by atoms with van der Waals surface area (Å²) in [7, 11) is 1.76. The Balaban J connectivity index is 1.50. The van der Waals surface area contributed by atoms with Crippen molar-refractivity contribution in [1.29, 1.82) is 0 Å². The van der Waals surface area contributed by atoms with Gasteiger partial charge >= 0.3 is 6.03 Å². The van der Waals surface area contributed by atoms with Gasteiger partial charge in [0.05, 0.1) is 0 Å². The number of aromatic nitrogens is 1. The van der Waals surface area contributed by atoms with Crippen molar-refractivity contribution < 1.29 is 4.79 Å². The quantitative estimate of drug-likeness (QED) is 0.821. The van der Waals surface area contributed by atoms with E-state index in [0.29, 0.717) is 0 Å². The Morgan fingerprint density at radius 2 is 1.65 bits per heavy atom. The summed E-state index contributed by atoms with van der Waals surface area (Å²) in [6.07, 6.45) is 5.32. The zero-order chi connectivity index (χ0) is 16.2. The number of nitrogens with zero attached hydrogens (tertiary/aromatic N) is 4. The summed E-state index contributed by atoms with van der Waals surface area (Å²) in [5.74, 6) is 0. The highest BCUT2D eigenvalue weighted by atomic mass is 16.2. The summed E-state index contributed by atoms with van der Waals surface area (Å²) in [5, 5.41) is 0. The van der Waals surface area contributed by atoms with E-state index in [2.05, 4.69) is 4.90 Å². The SMILES string of the molecule is Cn1ccc(CN2CCN(C(=O)N3CCCCC3)CC2)cc1=O. The zero-order valence-electron chi connectivity index (χ0n) is 13.9. The maximum Gasteiger partial charge on any atom is 0.320 e. The summed E-state index contributed by atoms with van der Waals surface area (Å²) >= 11 is 0. The van der Waals surface area contributed by atoms with Crippen LogP contribution >= 0.6 is 0 Å². The summed E-state index contributed by atoms with van der Waals surface area (Å²) < 4.78 is 1.58. The molecule has 0 N–H and O–H groups in total. The lowest BCUT2D eigenvalue weighted by Crippen LogP contribution is -2.53. The van der Waals surface area contributed by atoms with Crippen molar-refractivity contribution in [3.63, 3.8) is 0 Å². The van der Waals surface area contributed by atoms with E-state index in [1.807, 2.05) is 22.1 Å². The molecule has 0 radical (unpaired) electrons. The summed E-state index contributed by atoms with van der Waals surface area (Å²) in [5.41, 5.74) is 1.07. The Hall–Kier alpha value is -1.82. The minimum atomic E-state index is 0.0291. The van der Waals surface area contributed by atoms with Crippen molar-refractivity contribution in [2.75, 3.05) is 39.3 Å². The van der Waals surface area contributed by atoms with Crippen LogP contribution in [0, 0.1) is 0 Å². The lowest BCUT2D eigenvalue weighted by Gasteiger charge is -2.38. The van der Waals surface area contributed by atoms with Crippen LogP contribution < -0.4 is 5.56 Å². The van der Waals surface area contributed by atoms with Gasteiger partial charge in [-0.15, -0.1) is 0 Å². The Morgan fingerprint density at radius 3 is 2.30 bits per heavy atom. The van der Waals surface area contributed by atoms with Gasteiger partial charge in [-0.3, -0.25) is 9.69 Å². The van der Waals surface area contributed by atoms with Gasteiger partial charge in [0, 0.05) is 65.1 Å². The molecule has 3 rings (SSSR count). The molecule has 2 saturated heterocycles. The molecule has 2 fully saturated rings. The normalized spacial score (nSPS) is 19.9. The molecule has 0 saturated carbocycles. The van der Waals surface area contributed by atoms with E-state index in [4.69, 9.17) is 0 Å². The van der Waals surface area contributed by atoms with E-state index in [9.17, 15) is 9.59 Å². The molecule has 3 heterocycles. The van der Waals surface area contributed by atoms with Crippen LogP contribution in [0.3, 0.4) is 0 Å². The number of carbonyl (C=O) groups is 1. The van der Waals surface area contributed by atoms with E-state index in [-0.39, 0.29) is 11.6 Å². The first-order chi connectivity index (χ1) is 11.1. The molecule has 0 atom stereocenters. The van der Waals surface area contributed by atoms with Gasteiger partial charge in [-0.1, -0.05) is 0 Å². The van der Waals surface area contributed by atoms with Crippen molar-refractivity contribution >= 4 is 6.03 Å². The Morgan fingerprint density at radius 1 is 1.00 bits per heavy atom. The van der Waals surface area contributed by atoms with E-state index in [1.54, 1.807) is 17.7 Å². The molecule has 1 aromatic heterocycles. The number of amides is 2. The molecule has 2 aliphatic rings. The average Bonchev–Trinajstić information content (AvgIpc) is 2.59. The number of hydrogen-bond acceptors (Lipinski definition) is 3. The standard InChI is InChI=1S/C17H26N4O2/c1-18-8-5-15(13-16(18)22)14-19-9-11-21(12-10-19)17(23)20-6-3-2-4-7-20/h5,8,13H,2-4,6-7,9-12,14H2,1H3. The molecule has 0 aliphatic carbocycles. The highest BCUT2D eigenvalue weighted by Crippen LogP contribution is 2.13. The second kappa shape index (κ2) is 7.17. The second-order valence-electron chi connectivity index (χ2n) is 6.58. The summed E-state index contributed by atoms with van der Waals surface area (Å²) in [6.45, 7) is 5.89. The van der Waals surface area contributed by atoms with E-state index < -0.39 is 0 Å². The molecule has 0 bridgehead atoms. The van der Waals surface area contributed by atoms with Crippen LogP contribution in [-0.2, 0) is 13.6 Å². The first-order valence-electron chi connectivity index (χ1n) is 8.55. The van der Waals surface area contributed by atoms with Crippen molar-refractivity contribution in [2.45, 2.75) is 25.8 Å². The predicted octanol–water partition coefficient (Wildman–Crippen LogP) is 1.11. The predicted molar refractivity (Wildman–Crippen MR) is 89.4 cm³/mol. The maximum atomic E-state index is 12.5. The van der Waals surface area contributed by atoms with Crippen molar-refractivity contribution in [2.24, 2.45) is 7.05 Å². The van der Waals surface area contributed by atoms with Crippen LogP contribution in [0.25, 0.3) is 0 Å². The van der Waals surface area contributed by atoms with Gasteiger partial charge in [-0.05, 0) is 30.9 Å². The van der Waals surface area contributed by atoms with Crippen LogP contribution in [0.4, 0.5) is 4.79 Å². The lowest BCUT2D eigenvalue weighted by molar-refractivity contribution is 0.105. The molecule has 1 aromatic rings. The lowest BCUT2D eigenvalue weighted by atomic mass is 10.1. The number of aryl methyl sites for hydroxylation is 1. The minimum absolute atomic E-state index is 0.0291. The number of carbonyl (C=O) groups excluding carboxylic acids is 1. The number of hydrogen-bond donors (Lipinski definition) is 0. The molecule has 0 spiro atoms. The molecule has 0 aromatic carbocycles. The molecule has 2 amide bonds. The third-order valence-electron chi connectivity index (χ3n) is 4.84. The van der Waals surface area contributed by atoms with E-state index in [1.165, 1.54) is 6.42 Å². The first-order valence-corrected chi connectivity index (χ1v) is 8.55. The number of piperidine rings is 1. The zero-order valence-corrected chi connectivity index (χ0v) is 13.9. The molecule has 2 aliphatic heterocycles. The Bertz CT molecular complexity index is 599. The summed E-state index contributed by atoms with van der Waals surface area (Å²) in [4.78, 5) is 30.5. The Labute approximate surface area is 137 Å². The fourth-order valence-electron chi connectivity index (χ4n) is 3.33. The van der Waals surface area contributed by atoms with E-state index in [0.717, 1.165) is 64.2 Å². The van der Waals surface area contributed by atoms with Crippen molar-refractivity contribution in [1.82, 2.24) is 19.3 Å². The van der Waals surface area contributed by atoms with Gasteiger partial charge in [-0.2, -0.15) is 0 Å². The van der Waals surface area contributed by atoms with Gasteiger partial charge in [-0.25, -0.2) is 4.79 Å². The fraction of sp³-hybridized carbons (Fsp3) is 0.647. The molecular weight excluding hydrogens is 292 g/mol. The fourth-order valence-corrected chi connectivity index (χ4v) is 3.33. The largest absolute Gasteiger partial charge is 0.325 e. The first kappa shape index (κ1) is 16.1. The maximum absolute atomic E-state index is 12.5. The molecule has 126 valence electrons. The number of likely N-dealkylation sites (tertiary alicyclic amines) is 1. The molecule has 23 heavy (non-hydrogen) atoms. The highest BCUT2D eigenvalue weighted by Gasteiger charge is 2.26. The van der Waals surface area contributed by atoms with Crippen LogP contribution in [0.15, 0.2) is 23.1 Å². The van der Waals surface area contributed by atoms with Gasteiger partial charge in [0.1, 0.15) is 0 Å². The number of rotatable bonds is 2. The van der Waals surface area contributed by atoms with Crippen LogP contribution in [0.1, 0.15) is 24.8 Å². The summed E-state index contributed by atoms with van der Waals surface area (Å²) in [6, 6.07) is 3.90. The van der Waals surface area contributed by atoms with Gasteiger partial charge in [0.2, 0.25) is 0 Å². The average molecular weight is 318 g/mol. The molecule has 6 nitrogen and oxygen atoms in total. The van der Waals surface area contributed by atoms with Gasteiger partial charge in [0.15, 0.2) is 0 Å². The second-order valence-corrected chi connectivity index (χ2v) is 6.58. The Kier molecular flexibility index (Phi) is 5.00. The van der Waals surface area contributed by atoms with E-state index >= 15 is 0 Å². The molecule has 0 unspecified atom stereocenters. The van der Waals surface area contributed by atoms with Crippen LogP contribution in [-0.4, -0.2) is 64.6 Å². The number of piperazine rings is 1. The molecule has 6 heteroatoms. The third-order valence-corrected chi connectivity index (χ3v) is 4.84.